The molecule has 0 atom stereocenters. The number of methoxy groups -OCH3 is 1. The molecule has 10 heteroatoms. The molecule has 4 rings (SSSR count). The average molecular weight is 472 g/mol. The van der Waals surface area contributed by atoms with Gasteiger partial charge in [-0.2, -0.15) is 10.4 Å². The molecule has 3 N–H and O–H groups in total. The molecule has 9 nitrogen and oxygen atoms in total. The van der Waals surface area contributed by atoms with E-state index in [1.165, 1.54) is 31.4 Å². The molecular weight excluding hydrogens is 451 g/mol. The third-order valence-electron chi connectivity index (χ3n) is 5.64. The number of carbonyl (C=O) groups excluding carboxylic acids is 2. The molecule has 4 aromatic rings. The first-order valence-corrected chi connectivity index (χ1v) is 10.5. The summed E-state index contributed by atoms with van der Waals surface area (Å²) < 4.78 is 21.7. The number of hydrogen-bond acceptors (Lipinski definition) is 6. The van der Waals surface area contributed by atoms with Crippen LogP contribution in [0.5, 0.6) is 5.75 Å². The normalized spacial score (nSPS) is 10.7. The van der Waals surface area contributed by atoms with Crippen molar-refractivity contribution in [3.8, 4) is 11.8 Å². The van der Waals surface area contributed by atoms with Gasteiger partial charge in [0.25, 0.3) is 11.8 Å². The highest BCUT2D eigenvalue weighted by Crippen LogP contribution is 2.27. The summed E-state index contributed by atoms with van der Waals surface area (Å²) in [5, 5.41) is 16.4. The lowest BCUT2D eigenvalue weighted by molar-refractivity contribution is 0.0996. The standard InChI is InChI=1S/C25H21FN6O3/c1-13-23(14(2)32(31-13)12-16-8-7-15(11-27)9-21(16)35-3)30-25(34)17-10-20(24(28)33)29-19-6-4-5-18(26)22(17)19/h4-10H,12H2,1-3H3,(H2,28,33)(H,30,34). The second kappa shape index (κ2) is 9.23. The van der Waals surface area contributed by atoms with Gasteiger partial charge in [0.1, 0.15) is 17.3 Å². The molecule has 2 aromatic heterocycles. The zero-order valence-electron chi connectivity index (χ0n) is 19.2. The number of rotatable bonds is 6. The number of carbonyl (C=O) groups is 2. The maximum absolute atomic E-state index is 14.6. The Kier molecular flexibility index (Phi) is 6.16. The molecule has 0 aliphatic rings. The van der Waals surface area contributed by atoms with E-state index in [-0.39, 0.29) is 22.2 Å². The van der Waals surface area contributed by atoms with Crippen LogP contribution in [0.3, 0.4) is 0 Å². The number of hydrogen-bond donors (Lipinski definition) is 2. The van der Waals surface area contributed by atoms with Crippen molar-refractivity contribution in [3.05, 3.63) is 82.1 Å². The summed E-state index contributed by atoms with van der Waals surface area (Å²) in [6, 6.07) is 12.5. The van der Waals surface area contributed by atoms with Gasteiger partial charge in [-0.05, 0) is 44.2 Å². The summed E-state index contributed by atoms with van der Waals surface area (Å²) in [5.41, 5.74) is 8.19. The number of halogens is 1. The Bertz CT molecular complexity index is 1540. The number of nitrogens with zero attached hydrogens (tertiary/aromatic N) is 4. The lowest BCUT2D eigenvalue weighted by Gasteiger charge is -2.12. The molecule has 176 valence electrons. The summed E-state index contributed by atoms with van der Waals surface area (Å²) in [6.45, 7) is 3.84. The summed E-state index contributed by atoms with van der Waals surface area (Å²) >= 11 is 0. The lowest BCUT2D eigenvalue weighted by atomic mass is 10.1. The molecule has 0 unspecified atom stereocenters. The van der Waals surface area contributed by atoms with Gasteiger partial charge in [0.15, 0.2) is 0 Å². The van der Waals surface area contributed by atoms with Gasteiger partial charge in [-0.25, -0.2) is 9.37 Å². The van der Waals surface area contributed by atoms with Crippen molar-refractivity contribution < 1.29 is 18.7 Å². The molecule has 0 saturated heterocycles. The number of anilines is 1. The number of benzene rings is 2. The molecule has 0 saturated carbocycles. The van der Waals surface area contributed by atoms with E-state index in [9.17, 15) is 14.0 Å². The van der Waals surface area contributed by atoms with E-state index >= 15 is 0 Å². The lowest BCUT2D eigenvalue weighted by Crippen LogP contribution is -2.18. The summed E-state index contributed by atoms with van der Waals surface area (Å²) in [7, 11) is 1.52. The summed E-state index contributed by atoms with van der Waals surface area (Å²) in [5.74, 6) is -1.57. The van der Waals surface area contributed by atoms with Crippen LogP contribution in [0.25, 0.3) is 10.9 Å². The first-order valence-electron chi connectivity index (χ1n) is 10.5. The molecule has 0 aliphatic carbocycles. The number of ether oxygens (including phenoxy) is 1. The number of primary amides is 1. The Balaban J connectivity index is 1.70. The van der Waals surface area contributed by atoms with Gasteiger partial charge >= 0.3 is 0 Å². The molecule has 0 fully saturated rings. The van der Waals surface area contributed by atoms with Crippen molar-refractivity contribution in [2.45, 2.75) is 20.4 Å². The maximum atomic E-state index is 14.6. The Morgan fingerprint density at radius 2 is 2.00 bits per heavy atom. The first-order chi connectivity index (χ1) is 16.7. The van der Waals surface area contributed by atoms with Crippen molar-refractivity contribution in [2.24, 2.45) is 5.73 Å². The number of fused-ring (bicyclic) bond motifs is 1. The van der Waals surface area contributed by atoms with Gasteiger partial charge in [-0.1, -0.05) is 12.1 Å². The molecule has 2 heterocycles. The van der Waals surface area contributed by atoms with Crippen LogP contribution in [0.1, 0.15) is 43.4 Å². The number of nitrogens with one attached hydrogen (secondary N) is 1. The highest BCUT2D eigenvalue weighted by molar-refractivity contribution is 6.14. The second-order valence-corrected chi connectivity index (χ2v) is 7.85. The fraction of sp³-hybridized carbons (Fsp3) is 0.160. The molecule has 35 heavy (non-hydrogen) atoms. The smallest absolute Gasteiger partial charge is 0.267 e. The van der Waals surface area contributed by atoms with Gasteiger partial charge in [0.2, 0.25) is 0 Å². The van der Waals surface area contributed by atoms with E-state index in [2.05, 4.69) is 21.5 Å². The number of pyridine rings is 1. The number of aryl methyl sites for hydroxylation is 1. The van der Waals surface area contributed by atoms with Crippen LogP contribution in [-0.2, 0) is 6.54 Å². The molecule has 0 bridgehead atoms. The minimum atomic E-state index is -0.832. The summed E-state index contributed by atoms with van der Waals surface area (Å²) in [6.07, 6.45) is 0. The van der Waals surface area contributed by atoms with Gasteiger partial charge in [0.05, 0.1) is 53.4 Å². The summed E-state index contributed by atoms with van der Waals surface area (Å²) in [4.78, 5) is 29.0. The van der Waals surface area contributed by atoms with E-state index in [4.69, 9.17) is 15.7 Å². The average Bonchev–Trinajstić information content (AvgIpc) is 3.10. The van der Waals surface area contributed by atoms with Crippen molar-refractivity contribution in [1.29, 1.82) is 5.26 Å². The number of nitrogens with two attached hydrogens (primary N) is 1. The predicted octanol–water partition coefficient (Wildman–Crippen LogP) is 3.47. The van der Waals surface area contributed by atoms with Crippen molar-refractivity contribution >= 4 is 28.4 Å². The largest absolute Gasteiger partial charge is 0.496 e. The Labute approximate surface area is 199 Å². The fourth-order valence-corrected chi connectivity index (χ4v) is 3.87. The molecule has 2 aromatic carbocycles. The number of aromatic nitrogens is 3. The third-order valence-corrected chi connectivity index (χ3v) is 5.64. The van der Waals surface area contributed by atoms with Crippen LogP contribution in [0.2, 0.25) is 0 Å². The zero-order valence-corrected chi connectivity index (χ0v) is 19.2. The minimum absolute atomic E-state index is 0.0139. The van der Waals surface area contributed by atoms with Gasteiger partial charge in [0, 0.05) is 10.9 Å². The maximum Gasteiger partial charge on any atom is 0.267 e. The molecule has 0 spiro atoms. The second-order valence-electron chi connectivity index (χ2n) is 7.85. The first kappa shape index (κ1) is 23.4. The van der Waals surface area contributed by atoms with Crippen LogP contribution < -0.4 is 15.8 Å². The molecule has 0 radical (unpaired) electrons. The van der Waals surface area contributed by atoms with Crippen molar-refractivity contribution in [1.82, 2.24) is 14.8 Å². The monoisotopic (exact) mass is 472 g/mol. The van der Waals surface area contributed by atoms with E-state index in [1.807, 2.05) is 0 Å². The van der Waals surface area contributed by atoms with Crippen LogP contribution in [0.4, 0.5) is 10.1 Å². The van der Waals surface area contributed by atoms with Gasteiger partial charge < -0.3 is 15.8 Å². The van der Waals surface area contributed by atoms with Crippen LogP contribution in [0.15, 0.2) is 42.5 Å². The quantitative estimate of drug-likeness (QED) is 0.441. The van der Waals surface area contributed by atoms with Crippen LogP contribution in [-0.4, -0.2) is 33.7 Å². The fourth-order valence-electron chi connectivity index (χ4n) is 3.87. The topological polar surface area (TPSA) is 136 Å². The highest BCUT2D eigenvalue weighted by atomic mass is 19.1. The Morgan fingerprint density at radius 1 is 1.23 bits per heavy atom. The van der Waals surface area contributed by atoms with Crippen LogP contribution in [0, 0.1) is 31.0 Å². The predicted molar refractivity (Wildman–Crippen MR) is 127 cm³/mol. The van der Waals surface area contributed by atoms with E-state index in [0.29, 0.717) is 34.9 Å². The third kappa shape index (κ3) is 4.39. The molecule has 2 amide bonds. The Hall–Kier alpha value is -4.78. The molecule has 0 aliphatic heterocycles. The highest BCUT2D eigenvalue weighted by Gasteiger charge is 2.21. The SMILES string of the molecule is COc1cc(C#N)ccc1Cn1nc(C)c(NC(=O)c2cc(C(N)=O)nc3cccc(F)c23)c1C. The number of amides is 2. The van der Waals surface area contributed by atoms with Crippen molar-refractivity contribution in [3.63, 3.8) is 0 Å². The van der Waals surface area contributed by atoms with Gasteiger partial charge in [-0.15, -0.1) is 0 Å². The minimum Gasteiger partial charge on any atom is -0.496 e. The van der Waals surface area contributed by atoms with E-state index in [0.717, 1.165) is 5.56 Å². The van der Waals surface area contributed by atoms with E-state index in [1.54, 1.807) is 36.7 Å². The number of nitriles is 1. The van der Waals surface area contributed by atoms with E-state index < -0.39 is 17.6 Å². The zero-order chi connectivity index (χ0) is 25.3. The van der Waals surface area contributed by atoms with Gasteiger partial charge in [-0.3, -0.25) is 14.3 Å². The van der Waals surface area contributed by atoms with Crippen LogP contribution >= 0.6 is 0 Å². The van der Waals surface area contributed by atoms with Crippen molar-refractivity contribution in [2.75, 3.05) is 12.4 Å². The molecular formula is C25H21FN6O3. The Morgan fingerprint density at radius 3 is 2.69 bits per heavy atom.